The van der Waals surface area contributed by atoms with E-state index < -0.39 is 0 Å². The molecule has 0 bridgehead atoms. The fourth-order valence-corrected chi connectivity index (χ4v) is 2.18. The van der Waals surface area contributed by atoms with Gasteiger partial charge in [-0.25, -0.2) is 0 Å². The molecule has 0 atom stereocenters. The maximum atomic E-state index is 12.5. The maximum absolute atomic E-state index is 12.5. The molecule has 0 aliphatic heterocycles. The van der Waals surface area contributed by atoms with Crippen molar-refractivity contribution >= 4 is 22.5 Å². The highest BCUT2D eigenvalue weighted by molar-refractivity contribution is 6.29. The number of aromatic nitrogens is 1. The van der Waals surface area contributed by atoms with Gasteiger partial charge in [0.15, 0.2) is 5.43 Å². The number of fused-ring (bicyclic) bond motifs is 1. The highest BCUT2D eigenvalue weighted by Gasteiger charge is 2.11. The summed E-state index contributed by atoms with van der Waals surface area (Å²) in [6.07, 6.45) is 2.37. The maximum Gasteiger partial charge on any atom is 0.193 e. The van der Waals surface area contributed by atoms with E-state index in [0.717, 1.165) is 16.8 Å². The lowest BCUT2D eigenvalue weighted by Crippen LogP contribution is -2.13. The first-order chi connectivity index (χ1) is 9.04. The van der Waals surface area contributed by atoms with E-state index in [1.54, 1.807) is 20.1 Å². The Hall–Kier alpha value is -1.74. The molecule has 0 amide bonds. The van der Waals surface area contributed by atoms with Crippen molar-refractivity contribution < 1.29 is 4.74 Å². The number of pyridine rings is 1. The second-order valence-electron chi connectivity index (χ2n) is 4.44. The molecular formula is C15H16ClNO2. The molecule has 2 aromatic rings. The average Bonchev–Trinajstić information content (AvgIpc) is 2.37. The number of ether oxygens (including phenoxy) is 1. The zero-order valence-electron chi connectivity index (χ0n) is 11.2. The first-order valence-corrected chi connectivity index (χ1v) is 6.43. The minimum atomic E-state index is 0.0271. The number of benzene rings is 1. The molecule has 100 valence electrons. The van der Waals surface area contributed by atoms with Crippen LogP contribution in [-0.4, -0.2) is 12.1 Å². The van der Waals surface area contributed by atoms with E-state index in [1.807, 2.05) is 25.1 Å². The highest BCUT2D eigenvalue weighted by atomic mass is 35.5. The van der Waals surface area contributed by atoms with Gasteiger partial charge in [0.05, 0.1) is 12.6 Å². The summed E-state index contributed by atoms with van der Waals surface area (Å²) in [6.45, 7) is 3.69. The third kappa shape index (κ3) is 2.66. The van der Waals surface area contributed by atoms with Crippen LogP contribution in [0.3, 0.4) is 0 Å². The molecule has 1 N–H and O–H groups in total. The van der Waals surface area contributed by atoms with Crippen LogP contribution in [0.5, 0.6) is 5.75 Å². The number of aryl methyl sites for hydroxylation is 1. The molecule has 1 aromatic heterocycles. The Labute approximate surface area is 116 Å². The predicted molar refractivity (Wildman–Crippen MR) is 79.2 cm³/mol. The van der Waals surface area contributed by atoms with Crippen LogP contribution >= 0.6 is 11.6 Å². The van der Waals surface area contributed by atoms with Gasteiger partial charge in [-0.1, -0.05) is 23.7 Å². The van der Waals surface area contributed by atoms with Gasteiger partial charge in [0.2, 0.25) is 0 Å². The third-order valence-corrected chi connectivity index (χ3v) is 3.27. The Kier molecular flexibility index (Phi) is 3.96. The first kappa shape index (κ1) is 13.7. The van der Waals surface area contributed by atoms with E-state index in [-0.39, 0.29) is 5.43 Å². The molecule has 0 spiro atoms. The van der Waals surface area contributed by atoms with Crippen molar-refractivity contribution in [3.05, 3.63) is 50.8 Å². The topological polar surface area (TPSA) is 42.1 Å². The van der Waals surface area contributed by atoms with Crippen molar-refractivity contribution in [2.24, 2.45) is 0 Å². The number of rotatable bonds is 3. The molecule has 1 heterocycles. The minimum absolute atomic E-state index is 0.0271. The summed E-state index contributed by atoms with van der Waals surface area (Å²) in [5.41, 5.74) is 2.35. The normalized spacial score (nSPS) is 11.9. The average molecular weight is 278 g/mol. The van der Waals surface area contributed by atoms with Gasteiger partial charge in [0.25, 0.3) is 0 Å². The number of H-pyrrole nitrogens is 1. The second-order valence-corrected chi connectivity index (χ2v) is 5.03. The predicted octanol–water partition coefficient (Wildman–Crippen LogP) is 3.53. The van der Waals surface area contributed by atoms with Crippen molar-refractivity contribution in [2.45, 2.75) is 20.3 Å². The van der Waals surface area contributed by atoms with Crippen molar-refractivity contribution in [3.8, 4) is 5.75 Å². The molecule has 0 fully saturated rings. The zero-order valence-corrected chi connectivity index (χ0v) is 12.0. The number of hydrogen-bond donors (Lipinski definition) is 1. The summed E-state index contributed by atoms with van der Waals surface area (Å²) >= 11 is 5.83. The lowest BCUT2D eigenvalue weighted by atomic mass is 10.1. The number of hydrogen-bond acceptors (Lipinski definition) is 2. The number of allylic oxidation sites excluding steroid dienone is 2. The van der Waals surface area contributed by atoms with Crippen LogP contribution < -0.4 is 10.2 Å². The number of para-hydroxylation sites is 1. The van der Waals surface area contributed by atoms with E-state index in [9.17, 15) is 4.79 Å². The Balaban J connectivity index is 2.69. The third-order valence-electron chi connectivity index (χ3n) is 3.12. The molecule has 0 unspecified atom stereocenters. The molecule has 0 aliphatic rings. The summed E-state index contributed by atoms with van der Waals surface area (Å²) in [6, 6.07) is 5.45. The van der Waals surface area contributed by atoms with E-state index in [1.165, 1.54) is 0 Å². The van der Waals surface area contributed by atoms with E-state index in [0.29, 0.717) is 22.6 Å². The standard InChI is InChI=1S/C15H16ClNO2/c1-9(16)7-8-11-10(2)17-14-12(15(11)18)5-4-6-13(14)19-3/h4-7H,8H2,1-3H3,(H,17,18). The summed E-state index contributed by atoms with van der Waals surface area (Å²) in [5, 5.41) is 1.32. The molecule has 19 heavy (non-hydrogen) atoms. The van der Waals surface area contributed by atoms with E-state index >= 15 is 0 Å². The largest absolute Gasteiger partial charge is 0.495 e. The van der Waals surface area contributed by atoms with Crippen LogP contribution in [0.15, 0.2) is 34.1 Å². The van der Waals surface area contributed by atoms with Crippen LogP contribution in [0.1, 0.15) is 18.2 Å². The summed E-state index contributed by atoms with van der Waals surface area (Å²) in [5.74, 6) is 0.674. The Morgan fingerprint density at radius 2 is 2.21 bits per heavy atom. The van der Waals surface area contributed by atoms with Gasteiger partial charge in [-0.2, -0.15) is 0 Å². The number of aromatic amines is 1. The quantitative estimate of drug-likeness (QED) is 0.932. The smallest absolute Gasteiger partial charge is 0.193 e. The van der Waals surface area contributed by atoms with E-state index in [2.05, 4.69) is 4.98 Å². The molecule has 1 aromatic carbocycles. The van der Waals surface area contributed by atoms with Crippen molar-refractivity contribution in [3.63, 3.8) is 0 Å². The van der Waals surface area contributed by atoms with Gasteiger partial charge in [-0.15, -0.1) is 0 Å². The monoisotopic (exact) mass is 277 g/mol. The molecule has 0 aliphatic carbocycles. The van der Waals surface area contributed by atoms with Crippen LogP contribution in [-0.2, 0) is 6.42 Å². The van der Waals surface area contributed by atoms with Gasteiger partial charge in [-0.05, 0) is 32.4 Å². The van der Waals surface area contributed by atoms with E-state index in [4.69, 9.17) is 16.3 Å². The first-order valence-electron chi connectivity index (χ1n) is 6.05. The van der Waals surface area contributed by atoms with Crippen molar-refractivity contribution in [1.82, 2.24) is 4.98 Å². The Bertz CT molecular complexity index is 697. The Morgan fingerprint density at radius 1 is 1.47 bits per heavy atom. The highest BCUT2D eigenvalue weighted by Crippen LogP contribution is 2.22. The zero-order chi connectivity index (χ0) is 14.0. The molecule has 3 nitrogen and oxygen atoms in total. The molecule has 0 radical (unpaired) electrons. The molecule has 2 rings (SSSR count). The SMILES string of the molecule is COc1cccc2c(=O)c(CC=C(C)Cl)c(C)[nH]c12. The van der Waals surface area contributed by atoms with Crippen LogP contribution in [0.4, 0.5) is 0 Å². The number of methoxy groups -OCH3 is 1. The van der Waals surface area contributed by atoms with Crippen molar-refractivity contribution in [2.75, 3.05) is 7.11 Å². The number of nitrogens with one attached hydrogen (secondary N) is 1. The lowest BCUT2D eigenvalue weighted by Gasteiger charge is -2.09. The fourth-order valence-electron chi connectivity index (χ4n) is 2.10. The lowest BCUT2D eigenvalue weighted by molar-refractivity contribution is 0.419. The van der Waals surface area contributed by atoms with Crippen molar-refractivity contribution in [1.29, 1.82) is 0 Å². The van der Waals surface area contributed by atoms with Gasteiger partial charge in [0.1, 0.15) is 5.75 Å². The fraction of sp³-hybridized carbons (Fsp3) is 0.267. The molecular weight excluding hydrogens is 262 g/mol. The summed E-state index contributed by atoms with van der Waals surface area (Å²) in [4.78, 5) is 15.7. The molecule has 0 saturated heterocycles. The van der Waals surface area contributed by atoms with Crippen LogP contribution in [0.2, 0.25) is 0 Å². The van der Waals surface area contributed by atoms with Gasteiger partial charge in [-0.3, -0.25) is 4.79 Å². The number of halogens is 1. The van der Waals surface area contributed by atoms with Gasteiger partial charge in [0, 0.05) is 21.7 Å². The summed E-state index contributed by atoms with van der Waals surface area (Å²) < 4.78 is 5.27. The van der Waals surface area contributed by atoms with Gasteiger partial charge >= 0.3 is 0 Å². The summed E-state index contributed by atoms with van der Waals surface area (Å²) in [7, 11) is 1.59. The van der Waals surface area contributed by atoms with Gasteiger partial charge < -0.3 is 9.72 Å². The Morgan fingerprint density at radius 3 is 2.84 bits per heavy atom. The van der Waals surface area contributed by atoms with Crippen LogP contribution in [0.25, 0.3) is 10.9 Å². The minimum Gasteiger partial charge on any atom is -0.495 e. The van der Waals surface area contributed by atoms with Crippen LogP contribution in [0, 0.1) is 6.92 Å². The second kappa shape index (κ2) is 5.49. The molecule has 0 saturated carbocycles. The molecule has 4 heteroatoms.